The van der Waals surface area contributed by atoms with Crippen LogP contribution in [0.15, 0.2) is 12.1 Å². The predicted molar refractivity (Wildman–Crippen MR) is 122 cm³/mol. The standard InChI is InChI=1S/C28H40F2/c1-3-4-5-6-7-8-22-10-16-24(17-11-22)25-18-12-23(13-19-25)14-20-26-15-9-21(2)27(29)28(26)30/h9,15,22-25H,3-8,10-13,16-19H2,1-2H3/t22-,23?,24-,25?. The smallest absolute Gasteiger partial charge is 0.174 e. The molecule has 2 aliphatic rings. The molecule has 30 heavy (non-hydrogen) atoms. The molecule has 0 radical (unpaired) electrons. The van der Waals surface area contributed by atoms with Crippen molar-refractivity contribution < 1.29 is 8.78 Å². The minimum absolute atomic E-state index is 0.202. The van der Waals surface area contributed by atoms with Crippen LogP contribution in [0.3, 0.4) is 0 Å². The number of halogens is 2. The molecule has 0 aliphatic heterocycles. The highest BCUT2D eigenvalue weighted by Crippen LogP contribution is 2.42. The average Bonchev–Trinajstić information content (AvgIpc) is 2.78. The summed E-state index contributed by atoms with van der Waals surface area (Å²) in [4.78, 5) is 0. The fourth-order valence-corrected chi connectivity index (χ4v) is 5.64. The SMILES string of the molecule is CCCCCCC[C@H]1CC[C@H](C2CCC(C#Cc3ccc(C)c(F)c3F)CC2)CC1. The molecule has 0 saturated heterocycles. The quantitative estimate of drug-likeness (QED) is 0.309. The second kappa shape index (κ2) is 11.9. The predicted octanol–water partition coefficient (Wildman–Crippen LogP) is 8.60. The molecule has 0 unspecified atom stereocenters. The maximum atomic E-state index is 14.0. The molecule has 0 amide bonds. The molecular formula is C28H40F2. The van der Waals surface area contributed by atoms with E-state index < -0.39 is 11.6 Å². The lowest BCUT2D eigenvalue weighted by Gasteiger charge is -2.37. The molecule has 0 spiro atoms. The summed E-state index contributed by atoms with van der Waals surface area (Å²) in [5, 5.41) is 0. The topological polar surface area (TPSA) is 0 Å². The van der Waals surface area contributed by atoms with Crippen LogP contribution in [0, 0.1) is 54.1 Å². The van der Waals surface area contributed by atoms with Crippen molar-refractivity contribution in [1.82, 2.24) is 0 Å². The van der Waals surface area contributed by atoms with Gasteiger partial charge in [-0.2, -0.15) is 0 Å². The Bertz CT molecular complexity index is 710. The third kappa shape index (κ3) is 6.57. The van der Waals surface area contributed by atoms with Gasteiger partial charge >= 0.3 is 0 Å². The van der Waals surface area contributed by atoms with E-state index in [1.54, 1.807) is 19.1 Å². The molecule has 2 heteroatoms. The Morgan fingerprint density at radius 2 is 1.43 bits per heavy atom. The summed E-state index contributed by atoms with van der Waals surface area (Å²) in [6, 6.07) is 3.22. The highest BCUT2D eigenvalue weighted by atomic mass is 19.2. The lowest BCUT2D eigenvalue weighted by Crippen LogP contribution is -2.25. The number of unbranched alkanes of at least 4 members (excludes halogenated alkanes) is 4. The first-order valence-electron chi connectivity index (χ1n) is 12.5. The highest BCUT2D eigenvalue weighted by molar-refractivity contribution is 5.38. The lowest BCUT2D eigenvalue weighted by atomic mass is 9.69. The molecule has 0 nitrogen and oxygen atoms in total. The van der Waals surface area contributed by atoms with E-state index in [2.05, 4.69) is 18.8 Å². The van der Waals surface area contributed by atoms with Gasteiger partial charge in [0, 0.05) is 5.92 Å². The van der Waals surface area contributed by atoms with Crippen LogP contribution in [0.1, 0.15) is 108 Å². The van der Waals surface area contributed by atoms with E-state index in [9.17, 15) is 8.78 Å². The molecule has 0 N–H and O–H groups in total. The van der Waals surface area contributed by atoms with Gasteiger partial charge in [-0.05, 0) is 74.8 Å². The molecule has 166 valence electrons. The molecule has 0 atom stereocenters. The molecular weight excluding hydrogens is 374 g/mol. The molecule has 0 heterocycles. The molecule has 2 saturated carbocycles. The van der Waals surface area contributed by atoms with Crippen molar-refractivity contribution >= 4 is 0 Å². The van der Waals surface area contributed by atoms with Gasteiger partial charge in [0.2, 0.25) is 0 Å². The molecule has 0 aromatic heterocycles. The Morgan fingerprint density at radius 3 is 2.10 bits per heavy atom. The molecule has 2 aliphatic carbocycles. The van der Waals surface area contributed by atoms with Crippen molar-refractivity contribution in [2.24, 2.45) is 23.7 Å². The van der Waals surface area contributed by atoms with Gasteiger partial charge in [0.15, 0.2) is 11.6 Å². The van der Waals surface area contributed by atoms with Crippen LogP contribution < -0.4 is 0 Å². The largest absolute Gasteiger partial charge is 0.203 e. The number of hydrogen-bond acceptors (Lipinski definition) is 0. The minimum atomic E-state index is -0.793. The summed E-state index contributed by atoms with van der Waals surface area (Å²) in [6.07, 6.45) is 19.0. The molecule has 2 fully saturated rings. The van der Waals surface area contributed by atoms with E-state index in [1.807, 2.05) is 0 Å². The van der Waals surface area contributed by atoms with Gasteiger partial charge in [-0.1, -0.05) is 76.2 Å². The van der Waals surface area contributed by atoms with Crippen molar-refractivity contribution in [3.63, 3.8) is 0 Å². The van der Waals surface area contributed by atoms with Crippen LogP contribution in [0.2, 0.25) is 0 Å². The van der Waals surface area contributed by atoms with E-state index in [-0.39, 0.29) is 5.56 Å². The van der Waals surface area contributed by atoms with Crippen LogP contribution in [0.25, 0.3) is 0 Å². The maximum Gasteiger partial charge on any atom is 0.174 e. The summed E-state index contributed by atoms with van der Waals surface area (Å²) >= 11 is 0. The van der Waals surface area contributed by atoms with Crippen molar-refractivity contribution in [2.45, 2.75) is 104 Å². The molecule has 3 rings (SSSR count). The van der Waals surface area contributed by atoms with Crippen LogP contribution in [0.5, 0.6) is 0 Å². The Hall–Kier alpha value is -1.36. The Morgan fingerprint density at radius 1 is 0.800 bits per heavy atom. The number of rotatable bonds is 7. The highest BCUT2D eigenvalue weighted by Gasteiger charge is 2.30. The Kier molecular flexibility index (Phi) is 9.23. The fraction of sp³-hybridized carbons (Fsp3) is 0.714. The van der Waals surface area contributed by atoms with Crippen molar-refractivity contribution in [3.8, 4) is 11.8 Å². The van der Waals surface area contributed by atoms with Gasteiger partial charge in [0.25, 0.3) is 0 Å². The van der Waals surface area contributed by atoms with E-state index in [0.29, 0.717) is 11.5 Å². The van der Waals surface area contributed by atoms with Crippen LogP contribution in [-0.2, 0) is 0 Å². The zero-order chi connectivity index (χ0) is 21.3. The Labute approximate surface area is 183 Å². The molecule has 0 bridgehead atoms. The van der Waals surface area contributed by atoms with Crippen LogP contribution >= 0.6 is 0 Å². The minimum Gasteiger partial charge on any atom is -0.203 e. The van der Waals surface area contributed by atoms with Crippen molar-refractivity contribution in [2.75, 3.05) is 0 Å². The first kappa shape index (κ1) is 23.3. The van der Waals surface area contributed by atoms with E-state index in [1.165, 1.54) is 77.0 Å². The molecule has 1 aromatic rings. The zero-order valence-electron chi connectivity index (χ0n) is 19.1. The van der Waals surface area contributed by atoms with Gasteiger partial charge < -0.3 is 0 Å². The van der Waals surface area contributed by atoms with Gasteiger partial charge in [-0.15, -0.1) is 0 Å². The summed E-state index contributed by atoms with van der Waals surface area (Å²) in [6.45, 7) is 3.87. The third-order valence-corrected chi connectivity index (χ3v) is 7.73. The first-order chi connectivity index (χ1) is 14.6. The zero-order valence-corrected chi connectivity index (χ0v) is 19.1. The van der Waals surface area contributed by atoms with Gasteiger partial charge in [0.1, 0.15) is 0 Å². The molecule has 1 aromatic carbocycles. The number of hydrogen-bond donors (Lipinski definition) is 0. The summed E-state index contributed by atoms with van der Waals surface area (Å²) in [5.74, 6) is 7.70. The van der Waals surface area contributed by atoms with Crippen molar-refractivity contribution in [1.29, 1.82) is 0 Å². The Balaban J connectivity index is 1.38. The van der Waals surface area contributed by atoms with Gasteiger partial charge in [-0.25, -0.2) is 8.78 Å². The normalized spacial score (nSPS) is 26.8. The average molecular weight is 415 g/mol. The number of benzene rings is 1. The van der Waals surface area contributed by atoms with Gasteiger partial charge in [0.05, 0.1) is 5.56 Å². The van der Waals surface area contributed by atoms with Gasteiger partial charge in [-0.3, -0.25) is 0 Å². The van der Waals surface area contributed by atoms with E-state index in [0.717, 1.165) is 30.6 Å². The van der Waals surface area contributed by atoms with E-state index in [4.69, 9.17) is 0 Å². The van der Waals surface area contributed by atoms with Crippen molar-refractivity contribution in [3.05, 3.63) is 34.9 Å². The maximum absolute atomic E-state index is 14.0. The number of aryl methyl sites for hydroxylation is 1. The third-order valence-electron chi connectivity index (χ3n) is 7.73. The van der Waals surface area contributed by atoms with Crippen LogP contribution in [-0.4, -0.2) is 0 Å². The second-order valence-corrected chi connectivity index (χ2v) is 9.92. The van der Waals surface area contributed by atoms with Crippen LogP contribution in [0.4, 0.5) is 8.78 Å². The first-order valence-corrected chi connectivity index (χ1v) is 12.5. The summed E-state index contributed by atoms with van der Waals surface area (Å²) in [5.41, 5.74) is 0.540. The monoisotopic (exact) mass is 414 g/mol. The van der Waals surface area contributed by atoms with E-state index >= 15 is 0 Å². The fourth-order valence-electron chi connectivity index (χ4n) is 5.64. The summed E-state index contributed by atoms with van der Waals surface area (Å²) < 4.78 is 27.7. The lowest BCUT2D eigenvalue weighted by molar-refractivity contribution is 0.153. The summed E-state index contributed by atoms with van der Waals surface area (Å²) in [7, 11) is 0. The second-order valence-electron chi connectivity index (χ2n) is 9.92.